The van der Waals surface area contributed by atoms with E-state index < -0.39 is 5.60 Å². The number of hydrogen-bond donors (Lipinski definition) is 1. The zero-order valence-corrected chi connectivity index (χ0v) is 13.7. The van der Waals surface area contributed by atoms with Crippen LogP contribution in [0, 0.1) is 0 Å². The molecule has 1 saturated heterocycles. The van der Waals surface area contributed by atoms with Crippen molar-refractivity contribution >= 4 is 34.2 Å². The van der Waals surface area contributed by atoms with Gasteiger partial charge in [-0.2, -0.15) is 0 Å². The largest absolute Gasteiger partial charge is 0.383 e. The van der Waals surface area contributed by atoms with E-state index in [1.165, 1.54) is 0 Å². The fourth-order valence-electron chi connectivity index (χ4n) is 2.83. The molecule has 0 amide bonds. The molecule has 2 heterocycles. The molecule has 4 rings (SSSR count). The van der Waals surface area contributed by atoms with Crippen LogP contribution in [0.5, 0.6) is 0 Å². The highest BCUT2D eigenvalue weighted by atomic mass is 35.5. The van der Waals surface area contributed by atoms with Gasteiger partial charge in [0, 0.05) is 10.0 Å². The maximum Gasteiger partial charge on any atom is 0.129 e. The predicted octanol–water partition coefficient (Wildman–Crippen LogP) is 3.77. The number of rotatable bonds is 3. The third-order valence-electron chi connectivity index (χ3n) is 4.02. The van der Waals surface area contributed by atoms with Gasteiger partial charge in [-0.15, -0.1) is 0 Å². The summed E-state index contributed by atoms with van der Waals surface area (Å²) in [5.41, 5.74) is 2.98. The third kappa shape index (κ3) is 2.83. The summed E-state index contributed by atoms with van der Waals surface area (Å²) in [6.07, 6.45) is 1.75. The van der Waals surface area contributed by atoms with Gasteiger partial charge in [-0.3, -0.25) is 0 Å². The van der Waals surface area contributed by atoms with Crippen molar-refractivity contribution in [2.45, 2.75) is 12.1 Å². The molecule has 0 atom stereocenters. The van der Waals surface area contributed by atoms with Crippen LogP contribution in [0.4, 0.5) is 0 Å². The SMILES string of the molecule is OC1(Cn2cnc3ccc(-c4cc(Cl)cc(Cl)c4)cc32)COC1. The van der Waals surface area contributed by atoms with E-state index in [4.69, 9.17) is 27.9 Å². The molecule has 1 aromatic heterocycles. The number of benzene rings is 2. The van der Waals surface area contributed by atoms with E-state index >= 15 is 0 Å². The normalized spacial score (nSPS) is 16.5. The summed E-state index contributed by atoms with van der Waals surface area (Å²) >= 11 is 12.2. The highest BCUT2D eigenvalue weighted by molar-refractivity contribution is 6.35. The Morgan fingerprint density at radius 3 is 2.48 bits per heavy atom. The standard InChI is InChI=1S/C17H14Cl2N2O2/c18-13-3-12(4-14(19)6-13)11-1-2-15-16(5-11)21(10-20-15)7-17(22)8-23-9-17/h1-6,10,22H,7-9H2. The Labute approximate surface area is 143 Å². The van der Waals surface area contributed by atoms with Crippen LogP contribution in [-0.4, -0.2) is 33.5 Å². The minimum atomic E-state index is -0.803. The zero-order chi connectivity index (χ0) is 16.0. The fourth-order valence-corrected chi connectivity index (χ4v) is 3.35. The lowest BCUT2D eigenvalue weighted by molar-refractivity contribution is -0.184. The second kappa shape index (κ2) is 5.49. The molecule has 1 N–H and O–H groups in total. The molecule has 6 heteroatoms. The average Bonchev–Trinajstić information content (AvgIpc) is 2.87. The summed E-state index contributed by atoms with van der Waals surface area (Å²) in [6.45, 7) is 1.18. The molecule has 0 bridgehead atoms. The Kier molecular flexibility index (Phi) is 3.58. The first-order chi connectivity index (χ1) is 11.0. The van der Waals surface area contributed by atoms with Crippen molar-refractivity contribution in [2.75, 3.05) is 13.2 Å². The smallest absolute Gasteiger partial charge is 0.129 e. The van der Waals surface area contributed by atoms with Gasteiger partial charge in [0.2, 0.25) is 0 Å². The summed E-state index contributed by atoms with van der Waals surface area (Å²) < 4.78 is 7.06. The van der Waals surface area contributed by atoms with Crippen LogP contribution in [0.1, 0.15) is 0 Å². The quantitative estimate of drug-likeness (QED) is 0.783. The molecule has 2 aromatic carbocycles. The number of imidazole rings is 1. The van der Waals surface area contributed by atoms with Gasteiger partial charge in [0.05, 0.1) is 37.1 Å². The molecule has 1 aliphatic rings. The first-order valence-corrected chi connectivity index (χ1v) is 8.00. The zero-order valence-electron chi connectivity index (χ0n) is 12.2. The Bertz CT molecular complexity index is 867. The maximum absolute atomic E-state index is 10.3. The number of nitrogens with zero attached hydrogens (tertiary/aromatic N) is 2. The molecule has 0 radical (unpaired) electrons. The van der Waals surface area contributed by atoms with Crippen molar-refractivity contribution in [1.29, 1.82) is 0 Å². The van der Waals surface area contributed by atoms with E-state index in [-0.39, 0.29) is 0 Å². The van der Waals surface area contributed by atoms with E-state index in [0.29, 0.717) is 29.8 Å². The lowest BCUT2D eigenvalue weighted by atomic mass is 10.0. The number of aliphatic hydroxyl groups is 1. The number of halogens is 2. The van der Waals surface area contributed by atoms with Gasteiger partial charge in [0.15, 0.2) is 0 Å². The highest BCUT2D eigenvalue weighted by Gasteiger charge is 2.36. The second-order valence-electron chi connectivity index (χ2n) is 5.95. The van der Waals surface area contributed by atoms with Gasteiger partial charge >= 0.3 is 0 Å². The summed E-state index contributed by atoms with van der Waals surface area (Å²) in [5.74, 6) is 0. The van der Waals surface area contributed by atoms with E-state index in [1.807, 2.05) is 34.9 Å². The van der Waals surface area contributed by atoms with Crippen molar-refractivity contribution in [2.24, 2.45) is 0 Å². The average molecular weight is 349 g/mol. The molecule has 118 valence electrons. The monoisotopic (exact) mass is 348 g/mol. The van der Waals surface area contributed by atoms with Crippen molar-refractivity contribution < 1.29 is 9.84 Å². The minimum absolute atomic E-state index is 0.357. The maximum atomic E-state index is 10.3. The summed E-state index contributed by atoms with van der Waals surface area (Å²) in [7, 11) is 0. The van der Waals surface area contributed by atoms with Crippen molar-refractivity contribution in [3.8, 4) is 11.1 Å². The molecule has 0 unspecified atom stereocenters. The van der Waals surface area contributed by atoms with Gasteiger partial charge in [0.25, 0.3) is 0 Å². The molecule has 0 aliphatic carbocycles. The van der Waals surface area contributed by atoms with Crippen molar-refractivity contribution in [3.63, 3.8) is 0 Å². The van der Waals surface area contributed by atoms with Crippen LogP contribution in [-0.2, 0) is 11.3 Å². The summed E-state index contributed by atoms with van der Waals surface area (Å²) in [5, 5.41) is 11.5. The second-order valence-corrected chi connectivity index (χ2v) is 6.82. The Hall–Kier alpha value is -1.59. The molecule has 1 aliphatic heterocycles. The van der Waals surface area contributed by atoms with E-state index in [2.05, 4.69) is 4.98 Å². The predicted molar refractivity (Wildman–Crippen MR) is 91.0 cm³/mol. The molecule has 0 saturated carbocycles. The lowest BCUT2D eigenvalue weighted by Crippen LogP contribution is -2.52. The van der Waals surface area contributed by atoms with Crippen molar-refractivity contribution in [1.82, 2.24) is 9.55 Å². The lowest BCUT2D eigenvalue weighted by Gasteiger charge is -2.36. The third-order valence-corrected chi connectivity index (χ3v) is 4.46. The molecule has 4 nitrogen and oxygen atoms in total. The number of fused-ring (bicyclic) bond motifs is 1. The molecule has 0 spiro atoms. The summed E-state index contributed by atoms with van der Waals surface area (Å²) in [6, 6.07) is 11.4. The molecule has 23 heavy (non-hydrogen) atoms. The fraction of sp³-hybridized carbons (Fsp3) is 0.235. The van der Waals surface area contributed by atoms with Crippen LogP contribution >= 0.6 is 23.2 Å². The highest BCUT2D eigenvalue weighted by Crippen LogP contribution is 2.30. The van der Waals surface area contributed by atoms with Crippen LogP contribution in [0.3, 0.4) is 0 Å². The van der Waals surface area contributed by atoms with Gasteiger partial charge in [0.1, 0.15) is 5.60 Å². The molecular formula is C17H14Cl2N2O2. The van der Waals surface area contributed by atoms with Crippen LogP contribution < -0.4 is 0 Å². The van der Waals surface area contributed by atoms with E-state index in [0.717, 1.165) is 22.2 Å². The number of ether oxygens (including phenoxy) is 1. The molecule has 1 fully saturated rings. The van der Waals surface area contributed by atoms with Gasteiger partial charge in [-0.05, 0) is 41.5 Å². The number of aromatic nitrogens is 2. The molecule has 3 aromatic rings. The van der Waals surface area contributed by atoms with Crippen molar-refractivity contribution in [3.05, 3.63) is 52.8 Å². The Morgan fingerprint density at radius 1 is 1.09 bits per heavy atom. The van der Waals surface area contributed by atoms with E-state index in [1.54, 1.807) is 12.4 Å². The van der Waals surface area contributed by atoms with Gasteiger partial charge in [-0.25, -0.2) is 4.98 Å². The topological polar surface area (TPSA) is 47.3 Å². The van der Waals surface area contributed by atoms with Crippen LogP contribution in [0.2, 0.25) is 10.0 Å². The first-order valence-electron chi connectivity index (χ1n) is 7.24. The Balaban J connectivity index is 1.77. The first kappa shape index (κ1) is 15.0. The molecular weight excluding hydrogens is 335 g/mol. The van der Waals surface area contributed by atoms with Crippen LogP contribution in [0.15, 0.2) is 42.7 Å². The Morgan fingerprint density at radius 2 is 1.83 bits per heavy atom. The van der Waals surface area contributed by atoms with E-state index in [9.17, 15) is 5.11 Å². The summed E-state index contributed by atoms with van der Waals surface area (Å²) in [4.78, 5) is 4.39. The van der Waals surface area contributed by atoms with Crippen LogP contribution in [0.25, 0.3) is 22.2 Å². The van der Waals surface area contributed by atoms with Gasteiger partial charge < -0.3 is 14.4 Å². The van der Waals surface area contributed by atoms with Gasteiger partial charge in [-0.1, -0.05) is 29.3 Å². The minimum Gasteiger partial charge on any atom is -0.383 e. The number of hydrogen-bond acceptors (Lipinski definition) is 3.